The summed E-state index contributed by atoms with van der Waals surface area (Å²) in [5, 5.41) is 0. The Balaban J connectivity index is 1.58. The molecule has 1 aliphatic heterocycles. The van der Waals surface area contributed by atoms with Crippen molar-refractivity contribution in [2.45, 2.75) is 19.6 Å². The zero-order valence-electron chi connectivity index (χ0n) is 14.0. The fourth-order valence-electron chi connectivity index (χ4n) is 2.32. The van der Waals surface area contributed by atoms with E-state index in [-0.39, 0.29) is 11.7 Å². The van der Waals surface area contributed by atoms with E-state index in [1.54, 1.807) is 24.5 Å². The second kappa shape index (κ2) is 8.52. The third kappa shape index (κ3) is 4.96. The van der Waals surface area contributed by atoms with Crippen LogP contribution in [0.1, 0.15) is 18.9 Å². The lowest BCUT2D eigenvalue weighted by molar-refractivity contribution is -0.160. The van der Waals surface area contributed by atoms with Crippen LogP contribution in [0.4, 0.5) is 4.39 Å². The van der Waals surface area contributed by atoms with Gasteiger partial charge in [-0.3, -0.25) is 0 Å². The molecule has 0 atom stereocenters. The van der Waals surface area contributed by atoms with Gasteiger partial charge in [0.1, 0.15) is 5.82 Å². The molecule has 0 bridgehead atoms. The molecular formula is C20H19FN2O2. The Labute approximate surface area is 146 Å². The van der Waals surface area contributed by atoms with Crippen LogP contribution < -0.4 is 0 Å². The van der Waals surface area contributed by atoms with Crippen LogP contribution >= 0.6 is 0 Å². The highest BCUT2D eigenvalue weighted by atomic mass is 19.1. The molecule has 4 nitrogen and oxygen atoms in total. The molecule has 128 valence electrons. The Morgan fingerprint density at radius 2 is 1.84 bits per heavy atom. The zero-order valence-corrected chi connectivity index (χ0v) is 14.0. The Morgan fingerprint density at radius 1 is 1.16 bits per heavy atom. The van der Waals surface area contributed by atoms with Crippen LogP contribution in [-0.4, -0.2) is 29.5 Å². The average Bonchev–Trinajstić information content (AvgIpc) is 2.67. The van der Waals surface area contributed by atoms with E-state index in [2.05, 4.69) is 40.9 Å². The van der Waals surface area contributed by atoms with E-state index < -0.39 is 6.29 Å². The molecule has 5 heteroatoms. The largest absolute Gasteiger partial charge is 0.341 e. The molecule has 3 rings (SSSR count). The molecule has 0 amide bonds. The minimum atomic E-state index is -0.525. The van der Waals surface area contributed by atoms with Crippen LogP contribution in [-0.2, 0) is 9.47 Å². The SMILES string of the molecule is CC/C=C/C1COC(C#Cc2cnc(-c3ccc(F)cc3)nc2)OC1. The van der Waals surface area contributed by atoms with E-state index in [1.807, 2.05) is 0 Å². The molecule has 1 fully saturated rings. The summed E-state index contributed by atoms with van der Waals surface area (Å²) in [5.74, 6) is 6.42. The minimum absolute atomic E-state index is 0.286. The van der Waals surface area contributed by atoms with Crippen LogP contribution in [0.3, 0.4) is 0 Å². The standard InChI is InChI=1S/C20H19FN2O2/c1-2-3-4-16-13-24-19(25-14-16)10-5-15-11-22-20(23-12-15)17-6-8-18(21)9-7-17/h3-4,6-9,11-12,16,19H,2,13-14H2,1H3/b4-3+. The maximum atomic E-state index is 12.9. The predicted octanol–water partition coefficient (Wildman–Crippen LogP) is 3.59. The normalized spacial score (nSPS) is 20.2. The molecule has 1 aromatic heterocycles. The molecule has 1 saturated heterocycles. The van der Waals surface area contributed by atoms with Crippen LogP contribution in [0, 0.1) is 23.6 Å². The first-order chi connectivity index (χ1) is 12.2. The van der Waals surface area contributed by atoms with Crippen LogP contribution in [0.2, 0.25) is 0 Å². The second-order valence-electron chi connectivity index (χ2n) is 5.67. The van der Waals surface area contributed by atoms with E-state index in [1.165, 1.54) is 12.1 Å². The van der Waals surface area contributed by atoms with E-state index in [4.69, 9.17) is 9.47 Å². The van der Waals surface area contributed by atoms with E-state index >= 15 is 0 Å². The van der Waals surface area contributed by atoms with Gasteiger partial charge in [-0.2, -0.15) is 0 Å². The molecule has 2 heterocycles. The zero-order chi connectivity index (χ0) is 17.5. The highest BCUT2D eigenvalue weighted by Crippen LogP contribution is 2.15. The van der Waals surface area contributed by atoms with Crippen molar-refractivity contribution in [2.24, 2.45) is 5.92 Å². The lowest BCUT2D eigenvalue weighted by atomic mass is 10.1. The molecular weight excluding hydrogens is 319 g/mol. The molecule has 25 heavy (non-hydrogen) atoms. The first kappa shape index (κ1) is 17.3. The summed E-state index contributed by atoms with van der Waals surface area (Å²) in [7, 11) is 0. The fraction of sp³-hybridized carbons (Fsp3) is 0.300. The lowest BCUT2D eigenvalue weighted by Gasteiger charge is -2.24. The second-order valence-corrected chi connectivity index (χ2v) is 5.67. The summed E-state index contributed by atoms with van der Waals surface area (Å²) in [4.78, 5) is 8.52. The third-order valence-corrected chi connectivity index (χ3v) is 3.66. The highest BCUT2D eigenvalue weighted by Gasteiger charge is 2.18. The number of rotatable bonds is 3. The van der Waals surface area contributed by atoms with Crippen molar-refractivity contribution >= 4 is 0 Å². The van der Waals surface area contributed by atoms with Gasteiger partial charge >= 0.3 is 0 Å². The molecule has 0 aliphatic carbocycles. The van der Waals surface area contributed by atoms with Gasteiger partial charge in [0, 0.05) is 23.9 Å². The quantitative estimate of drug-likeness (QED) is 0.634. The molecule has 0 N–H and O–H groups in total. The van der Waals surface area contributed by atoms with Gasteiger partial charge in [-0.25, -0.2) is 14.4 Å². The Morgan fingerprint density at radius 3 is 2.48 bits per heavy atom. The van der Waals surface area contributed by atoms with Crippen molar-refractivity contribution in [1.82, 2.24) is 9.97 Å². The van der Waals surface area contributed by atoms with Crippen molar-refractivity contribution in [3.05, 3.63) is 60.2 Å². The molecule has 0 saturated carbocycles. The average molecular weight is 338 g/mol. The van der Waals surface area contributed by atoms with Crippen molar-refractivity contribution in [2.75, 3.05) is 13.2 Å². The molecule has 2 aromatic rings. The van der Waals surface area contributed by atoms with Gasteiger partial charge < -0.3 is 9.47 Å². The first-order valence-electron chi connectivity index (χ1n) is 8.24. The molecule has 0 unspecified atom stereocenters. The molecule has 0 spiro atoms. The number of hydrogen-bond acceptors (Lipinski definition) is 4. The van der Waals surface area contributed by atoms with Crippen molar-refractivity contribution in [3.8, 4) is 23.2 Å². The van der Waals surface area contributed by atoms with E-state index in [0.29, 0.717) is 24.6 Å². The van der Waals surface area contributed by atoms with Gasteiger partial charge in [0.15, 0.2) is 5.82 Å². The third-order valence-electron chi connectivity index (χ3n) is 3.66. The number of hydrogen-bond donors (Lipinski definition) is 0. The number of halogens is 1. The fourth-order valence-corrected chi connectivity index (χ4v) is 2.32. The lowest BCUT2D eigenvalue weighted by Crippen LogP contribution is -2.30. The smallest absolute Gasteiger partial charge is 0.222 e. The monoisotopic (exact) mass is 338 g/mol. The number of allylic oxidation sites excluding steroid dienone is 1. The van der Waals surface area contributed by atoms with Crippen molar-refractivity contribution in [1.29, 1.82) is 0 Å². The summed E-state index contributed by atoms with van der Waals surface area (Å²) in [6, 6.07) is 6.05. The van der Waals surface area contributed by atoms with Crippen molar-refractivity contribution < 1.29 is 13.9 Å². The molecule has 1 aromatic carbocycles. The number of aromatic nitrogens is 2. The first-order valence-corrected chi connectivity index (χ1v) is 8.24. The summed E-state index contributed by atoms with van der Waals surface area (Å²) in [5.41, 5.74) is 1.43. The number of ether oxygens (including phenoxy) is 2. The van der Waals surface area contributed by atoms with Gasteiger partial charge in [0.2, 0.25) is 6.29 Å². The minimum Gasteiger partial charge on any atom is -0.341 e. The summed E-state index contributed by atoms with van der Waals surface area (Å²) >= 11 is 0. The van der Waals surface area contributed by atoms with E-state index in [0.717, 1.165) is 12.0 Å². The maximum absolute atomic E-state index is 12.9. The summed E-state index contributed by atoms with van der Waals surface area (Å²) in [6.07, 6.45) is 7.98. The Hall–Kier alpha value is -2.55. The maximum Gasteiger partial charge on any atom is 0.222 e. The molecule has 0 radical (unpaired) electrons. The topological polar surface area (TPSA) is 44.2 Å². The van der Waals surface area contributed by atoms with E-state index in [9.17, 15) is 4.39 Å². The number of benzene rings is 1. The van der Waals surface area contributed by atoms with Gasteiger partial charge in [0.05, 0.1) is 18.8 Å². The van der Waals surface area contributed by atoms with Gasteiger partial charge in [-0.15, -0.1) is 0 Å². The predicted molar refractivity (Wildman–Crippen MR) is 92.9 cm³/mol. The Kier molecular flexibility index (Phi) is 5.89. The van der Waals surface area contributed by atoms with Gasteiger partial charge in [-0.1, -0.05) is 25.0 Å². The van der Waals surface area contributed by atoms with Crippen molar-refractivity contribution in [3.63, 3.8) is 0 Å². The molecule has 1 aliphatic rings. The van der Waals surface area contributed by atoms with Gasteiger partial charge in [-0.05, 0) is 36.6 Å². The van der Waals surface area contributed by atoms with Crippen LogP contribution in [0.25, 0.3) is 11.4 Å². The number of nitrogens with zero attached hydrogens (tertiary/aromatic N) is 2. The van der Waals surface area contributed by atoms with Crippen LogP contribution in [0.5, 0.6) is 0 Å². The van der Waals surface area contributed by atoms with Gasteiger partial charge in [0.25, 0.3) is 0 Å². The van der Waals surface area contributed by atoms with Crippen LogP contribution in [0.15, 0.2) is 48.8 Å². The summed E-state index contributed by atoms with van der Waals surface area (Å²) in [6.45, 7) is 3.31. The Bertz CT molecular complexity index is 768. The summed E-state index contributed by atoms with van der Waals surface area (Å²) < 4.78 is 24.1. The highest BCUT2D eigenvalue weighted by molar-refractivity contribution is 5.54.